The zero-order valence-corrected chi connectivity index (χ0v) is 17.8. The number of hydrogen-bond donors (Lipinski definition) is 2. The molecule has 0 saturated heterocycles. The van der Waals surface area contributed by atoms with E-state index < -0.39 is 0 Å². The van der Waals surface area contributed by atoms with E-state index in [1.165, 1.54) is 38.6 Å². The minimum atomic E-state index is 0.597. The van der Waals surface area contributed by atoms with E-state index in [4.69, 9.17) is 9.47 Å². The quantitative estimate of drug-likeness (QED) is 0.313. The molecule has 0 atom stereocenters. The highest BCUT2D eigenvalue weighted by Crippen LogP contribution is 2.27. The summed E-state index contributed by atoms with van der Waals surface area (Å²) in [6.07, 6.45) is 6.33. The third-order valence-electron chi connectivity index (χ3n) is 4.29. The van der Waals surface area contributed by atoms with Crippen molar-refractivity contribution in [1.82, 2.24) is 15.5 Å². The molecule has 2 N–H and O–H groups in total. The Hall–Kier alpha value is -1.95. The molecular weight excluding hydrogens is 340 g/mol. The van der Waals surface area contributed by atoms with Gasteiger partial charge in [0.25, 0.3) is 0 Å². The summed E-state index contributed by atoms with van der Waals surface area (Å²) in [5.41, 5.74) is 1.09. The smallest absolute Gasteiger partial charge is 0.191 e. The van der Waals surface area contributed by atoms with Crippen LogP contribution in [0, 0.1) is 0 Å². The van der Waals surface area contributed by atoms with E-state index in [9.17, 15) is 0 Å². The Balaban J connectivity index is 2.37. The minimum absolute atomic E-state index is 0.597. The van der Waals surface area contributed by atoms with Crippen LogP contribution in [0.25, 0.3) is 0 Å². The summed E-state index contributed by atoms with van der Waals surface area (Å²) < 4.78 is 10.6. The summed E-state index contributed by atoms with van der Waals surface area (Å²) in [7, 11) is 7.56. The van der Waals surface area contributed by atoms with Crippen LogP contribution in [0.5, 0.6) is 11.5 Å². The number of methoxy groups -OCH3 is 2. The Morgan fingerprint density at radius 1 is 0.963 bits per heavy atom. The third-order valence-corrected chi connectivity index (χ3v) is 4.29. The molecule has 0 aromatic heterocycles. The van der Waals surface area contributed by atoms with Gasteiger partial charge in [-0.3, -0.25) is 0 Å². The Bertz CT molecular complexity index is 547. The van der Waals surface area contributed by atoms with E-state index in [1.54, 1.807) is 14.2 Å². The molecule has 0 heterocycles. The van der Waals surface area contributed by atoms with Gasteiger partial charge in [0.1, 0.15) is 0 Å². The van der Waals surface area contributed by atoms with Crippen LogP contribution in [0.3, 0.4) is 0 Å². The van der Waals surface area contributed by atoms with Gasteiger partial charge in [-0.25, -0.2) is 4.99 Å². The highest BCUT2D eigenvalue weighted by atomic mass is 16.5. The van der Waals surface area contributed by atoms with Gasteiger partial charge in [0.2, 0.25) is 0 Å². The zero-order valence-electron chi connectivity index (χ0n) is 17.8. The Kier molecular flexibility index (Phi) is 12.1. The first kappa shape index (κ1) is 23.1. The van der Waals surface area contributed by atoms with Gasteiger partial charge in [0, 0.05) is 13.1 Å². The zero-order chi connectivity index (χ0) is 19.9. The number of guanidine groups is 1. The summed E-state index contributed by atoms with van der Waals surface area (Å²) in [6, 6.07) is 5.90. The minimum Gasteiger partial charge on any atom is -0.493 e. The fourth-order valence-electron chi connectivity index (χ4n) is 2.78. The Morgan fingerprint density at radius 3 is 2.33 bits per heavy atom. The summed E-state index contributed by atoms with van der Waals surface area (Å²) in [4.78, 5) is 6.92. The lowest BCUT2D eigenvalue weighted by Gasteiger charge is -2.12. The predicted molar refractivity (Wildman–Crippen MR) is 114 cm³/mol. The first-order chi connectivity index (χ1) is 13.1. The fourth-order valence-corrected chi connectivity index (χ4v) is 2.78. The molecule has 0 unspecified atom stereocenters. The van der Waals surface area contributed by atoms with Crippen molar-refractivity contribution in [3.8, 4) is 11.5 Å². The summed E-state index contributed by atoms with van der Waals surface area (Å²) >= 11 is 0. The average Bonchev–Trinajstić information content (AvgIpc) is 2.67. The molecular formula is C21H38N4O2. The van der Waals surface area contributed by atoms with E-state index in [1.807, 2.05) is 18.2 Å². The number of hydrogen-bond acceptors (Lipinski definition) is 4. The average molecular weight is 379 g/mol. The molecule has 1 rings (SSSR count). The van der Waals surface area contributed by atoms with Crippen molar-refractivity contribution < 1.29 is 9.47 Å². The SMILES string of the molecule is CCNC(=NCc1ccc(OC)c(OC)c1)NCCCCCCCN(C)C. The molecule has 0 radical (unpaired) electrons. The fraction of sp³-hybridized carbons (Fsp3) is 0.667. The van der Waals surface area contributed by atoms with Gasteiger partial charge in [-0.05, 0) is 58.1 Å². The second-order valence-electron chi connectivity index (χ2n) is 6.88. The van der Waals surface area contributed by atoms with Crippen molar-refractivity contribution in [2.45, 2.75) is 45.6 Å². The summed E-state index contributed by atoms with van der Waals surface area (Å²) in [5.74, 6) is 2.33. The van der Waals surface area contributed by atoms with Gasteiger partial charge in [0.05, 0.1) is 20.8 Å². The monoisotopic (exact) mass is 378 g/mol. The van der Waals surface area contributed by atoms with Gasteiger partial charge < -0.3 is 25.0 Å². The van der Waals surface area contributed by atoms with Crippen molar-refractivity contribution in [3.63, 3.8) is 0 Å². The van der Waals surface area contributed by atoms with Gasteiger partial charge in [-0.15, -0.1) is 0 Å². The maximum atomic E-state index is 5.36. The van der Waals surface area contributed by atoms with Crippen LogP contribution >= 0.6 is 0 Å². The predicted octanol–water partition coefficient (Wildman–Crippen LogP) is 3.27. The molecule has 6 nitrogen and oxygen atoms in total. The Labute approximate surface area is 165 Å². The van der Waals surface area contributed by atoms with E-state index >= 15 is 0 Å². The van der Waals surface area contributed by atoms with E-state index in [-0.39, 0.29) is 0 Å². The van der Waals surface area contributed by atoms with E-state index in [0.717, 1.165) is 36.1 Å². The van der Waals surface area contributed by atoms with Crippen LogP contribution < -0.4 is 20.1 Å². The van der Waals surface area contributed by atoms with Crippen LogP contribution in [-0.2, 0) is 6.54 Å². The number of unbranched alkanes of at least 4 members (excludes halogenated alkanes) is 4. The highest BCUT2D eigenvalue weighted by molar-refractivity contribution is 5.79. The first-order valence-electron chi connectivity index (χ1n) is 9.98. The molecule has 0 aliphatic carbocycles. The standard InChI is InChI=1S/C21H38N4O2/c1-6-22-21(23-14-10-8-7-9-11-15-25(2)3)24-17-18-12-13-19(26-4)20(16-18)27-5/h12-13,16H,6-11,14-15,17H2,1-5H3,(H2,22,23,24). The highest BCUT2D eigenvalue weighted by Gasteiger charge is 2.04. The van der Waals surface area contributed by atoms with Crippen molar-refractivity contribution in [2.75, 3.05) is 47.9 Å². The van der Waals surface area contributed by atoms with E-state index in [2.05, 4.69) is 41.5 Å². The molecule has 1 aromatic rings. The third kappa shape index (κ3) is 10.1. The molecule has 0 aliphatic heterocycles. The van der Waals surface area contributed by atoms with Crippen molar-refractivity contribution >= 4 is 5.96 Å². The lowest BCUT2D eigenvalue weighted by molar-refractivity contribution is 0.354. The number of benzene rings is 1. The largest absolute Gasteiger partial charge is 0.493 e. The number of ether oxygens (including phenoxy) is 2. The second-order valence-corrected chi connectivity index (χ2v) is 6.88. The lowest BCUT2D eigenvalue weighted by Crippen LogP contribution is -2.37. The molecule has 0 amide bonds. The van der Waals surface area contributed by atoms with E-state index in [0.29, 0.717) is 6.54 Å². The lowest BCUT2D eigenvalue weighted by atomic mass is 10.1. The van der Waals surface area contributed by atoms with Crippen molar-refractivity contribution in [2.24, 2.45) is 4.99 Å². The van der Waals surface area contributed by atoms with Gasteiger partial charge in [0.15, 0.2) is 17.5 Å². The number of nitrogens with one attached hydrogen (secondary N) is 2. The molecule has 0 bridgehead atoms. The summed E-state index contributed by atoms with van der Waals surface area (Å²) in [6.45, 7) is 5.66. The van der Waals surface area contributed by atoms with Crippen LogP contribution in [-0.4, -0.2) is 58.8 Å². The van der Waals surface area contributed by atoms with Crippen molar-refractivity contribution in [3.05, 3.63) is 23.8 Å². The molecule has 0 spiro atoms. The normalized spacial score (nSPS) is 11.6. The molecule has 154 valence electrons. The molecule has 0 fully saturated rings. The van der Waals surface area contributed by atoms with Crippen LogP contribution in [0.15, 0.2) is 23.2 Å². The maximum Gasteiger partial charge on any atom is 0.191 e. The molecule has 0 aliphatic rings. The van der Waals surface area contributed by atoms with Gasteiger partial charge >= 0.3 is 0 Å². The number of aliphatic imine (C=N–C) groups is 1. The molecule has 1 aromatic carbocycles. The summed E-state index contributed by atoms with van der Waals surface area (Å²) in [5, 5.41) is 6.73. The molecule has 0 saturated carbocycles. The van der Waals surface area contributed by atoms with Gasteiger partial charge in [-0.1, -0.05) is 25.3 Å². The Morgan fingerprint density at radius 2 is 1.67 bits per heavy atom. The molecule has 27 heavy (non-hydrogen) atoms. The van der Waals surface area contributed by atoms with Crippen molar-refractivity contribution in [1.29, 1.82) is 0 Å². The molecule has 6 heteroatoms. The van der Waals surface area contributed by atoms with Crippen LogP contribution in [0.2, 0.25) is 0 Å². The van der Waals surface area contributed by atoms with Crippen LogP contribution in [0.4, 0.5) is 0 Å². The second kappa shape index (κ2) is 14.2. The van der Waals surface area contributed by atoms with Crippen LogP contribution in [0.1, 0.15) is 44.6 Å². The number of rotatable bonds is 13. The first-order valence-corrected chi connectivity index (χ1v) is 9.98. The topological polar surface area (TPSA) is 58.1 Å². The maximum absolute atomic E-state index is 5.36. The van der Waals surface area contributed by atoms with Gasteiger partial charge in [-0.2, -0.15) is 0 Å². The number of nitrogens with zero attached hydrogens (tertiary/aromatic N) is 2.